The van der Waals surface area contributed by atoms with E-state index in [2.05, 4.69) is 9.97 Å². The second-order valence-corrected chi connectivity index (χ2v) is 8.55. The molecule has 0 fully saturated rings. The number of hydrogen-bond donors (Lipinski definition) is 1. The van der Waals surface area contributed by atoms with Crippen LogP contribution in [0.3, 0.4) is 0 Å². The molecule has 0 aliphatic carbocycles. The van der Waals surface area contributed by atoms with Gasteiger partial charge >= 0.3 is 0 Å². The number of carbonyl (C=O) groups excluding carboxylic acids is 3. The fourth-order valence-corrected chi connectivity index (χ4v) is 4.91. The largest absolute Gasteiger partial charge is 0.503 e. The van der Waals surface area contributed by atoms with E-state index in [9.17, 15) is 19.5 Å². The summed E-state index contributed by atoms with van der Waals surface area (Å²) in [6.45, 7) is 3.09. The maximum Gasteiger partial charge on any atom is 0.296 e. The number of thiazole rings is 1. The number of rotatable bonds is 5. The predicted molar refractivity (Wildman–Crippen MR) is 122 cm³/mol. The number of pyridine rings is 1. The van der Waals surface area contributed by atoms with Crippen molar-refractivity contribution in [1.29, 1.82) is 0 Å². The summed E-state index contributed by atoms with van der Waals surface area (Å²) < 4.78 is 5.71. The number of nitrogens with zero attached hydrogens (tertiary/aromatic N) is 3. The molecule has 1 unspecified atom stereocenters. The van der Waals surface area contributed by atoms with Crippen molar-refractivity contribution in [1.82, 2.24) is 9.97 Å². The molecule has 0 radical (unpaired) electrons. The minimum absolute atomic E-state index is 0.000958. The number of aliphatic hydroxyl groups is 1. The molecular formula is C24H17N3O5S. The van der Waals surface area contributed by atoms with Crippen LogP contribution in [-0.2, 0) is 4.79 Å². The minimum atomic E-state index is -0.989. The van der Waals surface area contributed by atoms with Crippen molar-refractivity contribution in [2.24, 2.45) is 0 Å². The SMILES string of the molecule is CC(=O)c1sc(N2C(=O)C(O)=C(C(=O)c3cc4ccccc4o3)C2c2cccnc2)nc1C. The van der Waals surface area contributed by atoms with Gasteiger partial charge in [0.05, 0.1) is 22.2 Å². The van der Waals surface area contributed by atoms with Crippen LogP contribution in [0.4, 0.5) is 5.13 Å². The third-order valence-corrected chi connectivity index (χ3v) is 6.67. The Bertz CT molecular complexity index is 1430. The van der Waals surface area contributed by atoms with E-state index in [1.165, 1.54) is 18.0 Å². The Balaban J connectivity index is 1.66. The lowest BCUT2D eigenvalue weighted by molar-refractivity contribution is -0.117. The molecule has 3 aromatic heterocycles. The zero-order valence-electron chi connectivity index (χ0n) is 17.6. The number of anilines is 1. The lowest BCUT2D eigenvalue weighted by atomic mass is 9.96. The van der Waals surface area contributed by atoms with Crippen molar-refractivity contribution in [3.63, 3.8) is 0 Å². The molecule has 0 spiro atoms. The average Bonchev–Trinajstić information content (AvgIpc) is 3.48. The highest BCUT2D eigenvalue weighted by Crippen LogP contribution is 2.43. The molecule has 4 aromatic rings. The molecule has 1 aliphatic rings. The van der Waals surface area contributed by atoms with Gasteiger partial charge < -0.3 is 9.52 Å². The van der Waals surface area contributed by atoms with Crippen molar-refractivity contribution >= 4 is 44.9 Å². The topological polar surface area (TPSA) is 114 Å². The maximum atomic E-state index is 13.5. The van der Waals surface area contributed by atoms with Crippen LogP contribution in [0.25, 0.3) is 11.0 Å². The van der Waals surface area contributed by atoms with Gasteiger partial charge in [-0.3, -0.25) is 24.3 Å². The number of para-hydroxylation sites is 1. The van der Waals surface area contributed by atoms with E-state index >= 15 is 0 Å². The molecule has 1 N–H and O–H groups in total. The molecule has 8 nitrogen and oxygen atoms in total. The second kappa shape index (κ2) is 7.79. The number of benzene rings is 1. The molecule has 0 saturated carbocycles. The number of aryl methyl sites for hydroxylation is 1. The van der Waals surface area contributed by atoms with Crippen molar-refractivity contribution in [3.8, 4) is 0 Å². The van der Waals surface area contributed by atoms with Crippen LogP contribution in [0.2, 0.25) is 0 Å². The summed E-state index contributed by atoms with van der Waals surface area (Å²) in [7, 11) is 0. The van der Waals surface area contributed by atoms with E-state index in [-0.39, 0.29) is 22.2 Å². The molecular weight excluding hydrogens is 442 g/mol. The van der Waals surface area contributed by atoms with E-state index in [4.69, 9.17) is 4.42 Å². The van der Waals surface area contributed by atoms with Crippen molar-refractivity contribution in [2.75, 3.05) is 4.90 Å². The smallest absolute Gasteiger partial charge is 0.296 e. The zero-order chi connectivity index (χ0) is 23.3. The number of fused-ring (bicyclic) bond motifs is 1. The Hall–Kier alpha value is -4.11. The van der Waals surface area contributed by atoms with Gasteiger partial charge in [-0.05, 0) is 30.7 Å². The van der Waals surface area contributed by atoms with Gasteiger partial charge in [0, 0.05) is 24.7 Å². The Morgan fingerprint density at radius 2 is 1.97 bits per heavy atom. The summed E-state index contributed by atoms with van der Waals surface area (Å²) in [5.74, 6) is -2.27. The van der Waals surface area contributed by atoms with Crippen LogP contribution >= 0.6 is 11.3 Å². The molecule has 1 aliphatic heterocycles. The standard InChI is InChI=1S/C24H17N3O5S/c1-12-22(13(2)28)33-24(26-12)27-19(15-7-5-9-25-11-15)18(21(30)23(27)31)20(29)17-10-14-6-3-4-8-16(14)32-17/h3-11,19,30H,1-2H3. The maximum absolute atomic E-state index is 13.5. The van der Waals surface area contributed by atoms with E-state index in [0.29, 0.717) is 21.7 Å². The van der Waals surface area contributed by atoms with Crippen molar-refractivity contribution in [2.45, 2.75) is 19.9 Å². The van der Waals surface area contributed by atoms with Gasteiger partial charge in [-0.15, -0.1) is 0 Å². The first kappa shape index (κ1) is 20.8. The summed E-state index contributed by atoms with van der Waals surface area (Å²) in [6.07, 6.45) is 3.08. The van der Waals surface area contributed by atoms with Crippen LogP contribution < -0.4 is 4.90 Å². The van der Waals surface area contributed by atoms with Crippen LogP contribution in [-0.4, -0.2) is 32.5 Å². The molecule has 0 saturated heterocycles. The first-order valence-corrected chi connectivity index (χ1v) is 10.9. The Labute approximate surface area is 191 Å². The summed E-state index contributed by atoms with van der Waals surface area (Å²) in [6, 6.07) is 11.1. The molecule has 1 atom stereocenters. The van der Waals surface area contributed by atoms with Gasteiger partial charge in [0.2, 0.25) is 5.78 Å². The minimum Gasteiger partial charge on any atom is -0.503 e. The monoisotopic (exact) mass is 459 g/mol. The fraction of sp³-hybridized carbons (Fsp3) is 0.125. The molecule has 1 amide bonds. The number of aromatic nitrogens is 2. The second-order valence-electron chi connectivity index (χ2n) is 7.57. The lowest BCUT2D eigenvalue weighted by Crippen LogP contribution is -2.31. The third-order valence-electron chi connectivity index (χ3n) is 5.41. The van der Waals surface area contributed by atoms with Gasteiger partial charge in [-0.2, -0.15) is 0 Å². The van der Waals surface area contributed by atoms with Crippen LogP contribution in [0, 0.1) is 6.92 Å². The Kier molecular flexibility index (Phi) is 4.90. The van der Waals surface area contributed by atoms with E-state index in [0.717, 1.165) is 16.7 Å². The summed E-state index contributed by atoms with van der Waals surface area (Å²) >= 11 is 1.03. The molecule has 1 aromatic carbocycles. The lowest BCUT2D eigenvalue weighted by Gasteiger charge is -2.23. The van der Waals surface area contributed by atoms with Gasteiger partial charge in [0.25, 0.3) is 5.91 Å². The quantitative estimate of drug-likeness (QED) is 0.435. The normalized spacial score (nSPS) is 16.1. The zero-order valence-corrected chi connectivity index (χ0v) is 18.4. The number of aliphatic hydroxyl groups excluding tert-OH is 1. The van der Waals surface area contributed by atoms with Crippen molar-refractivity contribution < 1.29 is 23.9 Å². The first-order valence-electron chi connectivity index (χ1n) is 10.0. The van der Waals surface area contributed by atoms with Gasteiger partial charge in [-0.25, -0.2) is 4.98 Å². The molecule has 33 heavy (non-hydrogen) atoms. The van der Waals surface area contributed by atoms with E-state index in [1.807, 2.05) is 6.07 Å². The molecule has 0 bridgehead atoms. The number of ketones is 2. The fourth-order valence-electron chi connectivity index (χ4n) is 3.93. The predicted octanol–water partition coefficient (Wildman–Crippen LogP) is 4.58. The van der Waals surface area contributed by atoms with E-state index < -0.39 is 23.5 Å². The number of amides is 1. The van der Waals surface area contributed by atoms with Crippen molar-refractivity contribution in [3.05, 3.63) is 88.1 Å². The Morgan fingerprint density at radius 1 is 1.18 bits per heavy atom. The third kappa shape index (κ3) is 3.33. The van der Waals surface area contributed by atoms with Gasteiger partial charge in [-0.1, -0.05) is 35.6 Å². The average molecular weight is 459 g/mol. The van der Waals surface area contributed by atoms with Crippen LogP contribution in [0.15, 0.2) is 70.6 Å². The number of carbonyl (C=O) groups is 3. The van der Waals surface area contributed by atoms with Crippen LogP contribution in [0.1, 0.15) is 44.4 Å². The molecule has 164 valence electrons. The summed E-state index contributed by atoms with van der Waals surface area (Å²) in [5.41, 5.74) is 1.36. The number of furan rings is 1. The molecule has 9 heteroatoms. The summed E-state index contributed by atoms with van der Waals surface area (Å²) in [4.78, 5) is 48.8. The van der Waals surface area contributed by atoms with Gasteiger partial charge in [0.15, 0.2) is 22.4 Å². The number of hydrogen-bond acceptors (Lipinski definition) is 8. The first-order chi connectivity index (χ1) is 15.9. The number of Topliss-reactive ketones (excluding diaryl/α,β-unsaturated/α-hetero) is 2. The highest BCUT2D eigenvalue weighted by atomic mass is 32.1. The summed E-state index contributed by atoms with van der Waals surface area (Å²) in [5, 5.41) is 11.8. The van der Waals surface area contributed by atoms with Crippen LogP contribution in [0.5, 0.6) is 0 Å². The highest BCUT2D eigenvalue weighted by molar-refractivity contribution is 7.17. The molecule has 4 heterocycles. The molecule has 5 rings (SSSR count). The van der Waals surface area contributed by atoms with E-state index in [1.54, 1.807) is 49.5 Å². The van der Waals surface area contributed by atoms with Gasteiger partial charge in [0.1, 0.15) is 5.58 Å². The highest BCUT2D eigenvalue weighted by Gasteiger charge is 2.46. The Morgan fingerprint density at radius 3 is 2.64 bits per heavy atom.